The van der Waals surface area contributed by atoms with Crippen molar-refractivity contribution in [1.29, 1.82) is 0 Å². The first kappa shape index (κ1) is 19.1. The first-order valence-electron chi connectivity index (χ1n) is 8.72. The van der Waals surface area contributed by atoms with E-state index in [2.05, 4.69) is 57.8 Å². The molecule has 4 rings (SSSR count). The van der Waals surface area contributed by atoms with Crippen molar-refractivity contribution in [3.63, 3.8) is 0 Å². The topological polar surface area (TPSA) is 54.4 Å². The number of aromatic carboxylic acids is 1. The Hall–Kier alpha value is -2.24. The van der Waals surface area contributed by atoms with E-state index in [4.69, 9.17) is 0 Å². The lowest BCUT2D eigenvalue weighted by Crippen LogP contribution is -2.16. The van der Waals surface area contributed by atoms with Gasteiger partial charge in [0.1, 0.15) is 0 Å². The number of rotatable bonds is 3. The normalized spacial score (nSPS) is 13.7. The SMILES string of the molecule is CC1(C)c2cc(Br)ccc2-c2ccc(C(=O)c3cc(Br)ccc3C(=O)O)cc21. The average molecular weight is 500 g/mol. The third-order valence-electron chi connectivity index (χ3n) is 5.36. The summed E-state index contributed by atoms with van der Waals surface area (Å²) >= 11 is 6.87. The number of ketones is 1. The largest absolute Gasteiger partial charge is 0.478 e. The van der Waals surface area contributed by atoms with Crippen LogP contribution in [-0.2, 0) is 5.41 Å². The molecular formula is C23H16Br2O3. The highest BCUT2D eigenvalue weighted by atomic mass is 79.9. The van der Waals surface area contributed by atoms with E-state index in [1.807, 2.05) is 18.2 Å². The summed E-state index contributed by atoms with van der Waals surface area (Å²) in [7, 11) is 0. The Balaban J connectivity index is 1.85. The Kier molecular flexibility index (Phi) is 4.55. The maximum atomic E-state index is 13.2. The van der Waals surface area contributed by atoms with Crippen molar-refractivity contribution >= 4 is 43.6 Å². The van der Waals surface area contributed by atoms with Crippen molar-refractivity contribution < 1.29 is 14.7 Å². The molecule has 3 nitrogen and oxygen atoms in total. The molecule has 0 amide bonds. The van der Waals surface area contributed by atoms with Gasteiger partial charge < -0.3 is 5.11 Å². The zero-order valence-electron chi connectivity index (χ0n) is 15.2. The molecule has 0 aromatic heterocycles. The predicted molar refractivity (Wildman–Crippen MR) is 116 cm³/mol. The van der Waals surface area contributed by atoms with Gasteiger partial charge in [-0.15, -0.1) is 0 Å². The highest BCUT2D eigenvalue weighted by Gasteiger charge is 2.36. The Morgan fingerprint density at radius 3 is 2.04 bits per heavy atom. The number of halogens is 2. The highest BCUT2D eigenvalue weighted by Crippen LogP contribution is 2.49. The Bertz CT molecular complexity index is 1160. The second kappa shape index (κ2) is 6.68. The van der Waals surface area contributed by atoms with Crippen LogP contribution in [0.2, 0.25) is 0 Å². The lowest BCUT2D eigenvalue weighted by atomic mass is 9.81. The number of carbonyl (C=O) groups is 2. The van der Waals surface area contributed by atoms with Crippen LogP contribution in [0.3, 0.4) is 0 Å². The van der Waals surface area contributed by atoms with Crippen LogP contribution in [0.15, 0.2) is 63.5 Å². The van der Waals surface area contributed by atoms with E-state index < -0.39 is 5.97 Å². The Labute approximate surface area is 179 Å². The average Bonchev–Trinajstić information content (AvgIpc) is 2.87. The minimum atomic E-state index is -1.12. The van der Waals surface area contributed by atoms with Gasteiger partial charge in [0.15, 0.2) is 5.78 Å². The maximum Gasteiger partial charge on any atom is 0.336 e. The summed E-state index contributed by atoms with van der Waals surface area (Å²) < 4.78 is 1.68. The lowest BCUT2D eigenvalue weighted by Gasteiger charge is -2.22. The second-order valence-corrected chi connectivity index (χ2v) is 9.23. The smallest absolute Gasteiger partial charge is 0.336 e. The van der Waals surface area contributed by atoms with Gasteiger partial charge in [-0.1, -0.05) is 63.9 Å². The number of hydrogen-bond acceptors (Lipinski definition) is 2. The summed E-state index contributed by atoms with van der Waals surface area (Å²) in [5.41, 5.74) is 4.95. The van der Waals surface area contributed by atoms with E-state index in [-0.39, 0.29) is 22.3 Å². The van der Waals surface area contributed by atoms with Crippen molar-refractivity contribution in [3.05, 3.63) is 91.4 Å². The number of carboxylic acids is 1. The molecule has 1 aliphatic carbocycles. The molecule has 3 aromatic carbocycles. The van der Waals surface area contributed by atoms with Gasteiger partial charge in [-0.25, -0.2) is 4.79 Å². The minimum Gasteiger partial charge on any atom is -0.478 e. The Morgan fingerprint density at radius 1 is 0.786 bits per heavy atom. The zero-order valence-corrected chi connectivity index (χ0v) is 18.4. The summed E-state index contributed by atoms with van der Waals surface area (Å²) in [6, 6.07) is 16.5. The zero-order chi connectivity index (χ0) is 20.2. The summed E-state index contributed by atoms with van der Waals surface area (Å²) in [6.07, 6.45) is 0. The van der Waals surface area contributed by atoms with Gasteiger partial charge in [-0.2, -0.15) is 0 Å². The van der Waals surface area contributed by atoms with Crippen molar-refractivity contribution in [3.8, 4) is 11.1 Å². The molecule has 0 atom stereocenters. The first-order valence-corrected chi connectivity index (χ1v) is 10.3. The van der Waals surface area contributed by atoms with Crippen LogP contribution in [0.25, 0.3) is 11.1 Å². The fourth-order valence-electron chi connectivity index (χ4n) is 3.90. The van der Waals surface area contributed by atoms with Gasteiger partial charge in [0, 0.05) is 25.5 Å². The van der Waals surface area contributed by atoms with E-state index in [1.54, 1.807) is 18.2 Å². The van der Waals surface area contributed by atoms with Crippen molar-refractivity contribution in [1.82, 2.24) is 0 Å². The van der Waals surface area contributed by atoms with Crippen molar-refractivity contribution in [2.45, 2.75) is 19.3 Å². The third-order valence-corrected chi connectivity index (χ3v) is 6.34. The molecule has 0 spiro atoms. The summed E-state index contributed by atoms with van der Waals surface area (Å²) in [5.74, 6) is -1.41. The van der Waals surface area contributed by atoms with Crippen LogP contribution in [0, 0.1) is 0 Å². The fraction of sp³-hybridized carbons (Fsp3) is 0.130. The quantitative estimate of drug-likeness (QED) is 0.421. The molecule has 0 unspecified atom stereocenters. The molecule has 1 aliphatic rings. The van der Waals surface area contributed by atoms with Crippen LogP contribution in [0.4, 0.5) is 0 Å². The van der Waals surface area contributed by atoms with Gasteiger partial charge in [-0.05, 0) is 58.7 Å². The summed E-state index contributed by atoms with van der Waals surface area (Å²) in [4.78, 5) is 24.7. The van der Waals surface area contributed by atoms with Crippen LogP contribution >= 0.6 is 31.9 Å². The molecule has 0 saturated heterocycles. The standard InChI is InChI=1S/C23H16Br2O3/c1-23(2)19-9-12(3-6-15(19)16-7-4-14(25)11-20(16)23)21(26)18-10-13(24)5-8-17(18)22(27)28/h3-11H,1-2H3,(H,27,28). The molecule has 28 heavy (non-hydrogen) atoms. The number of fused-ring (bicyclic) bond motifs is 3. The van der Waals surface area contributed by atoms with Gasteiger partial charge in [0.25, 0.3) is 0 Å². The molecule has 0 fully saturated rings. The fourth-order valence-corrected chi connectivity index (χ4v) is 4.62. The molecule has 0 heterocycles. The van der Waals surface area contributed by atoms with Crippen LogP contribution < -0.4 is 0 Å². The van der Waals surface area contributed by atoms with Gasteiger partial charge in [0.2, 0.25) is 0 Å². The second-order valence-electron chi connectivity index (χ2n) is 7.40. The molecule has 3 aromatic rings. The van der Waals surface area contributed by atoms with E-state index in [1.165, 1.54) is 11.6 Å². The molecule has 0 aliphatic heterocycles. The molecular weight excluding hydrogens is 484 g/mol. The molecule has 0 bridgehead atoms. The Morgan fingerprint density at radius 2 is 1.36 bits per heavy atom. The molecule has 1 N–H and O–H groups in total. The predicted octanol–water partition coefficient (Wildman–Crippen LogP) is 6.45. The van der Waals surface area contributed by atoms with Crippen LogP contribution in [0.1, 0.15) is 51.3 Å². The monoisotopic (exact) mass is 498 g/mol. The molecule has 0 radical (unpaired) electrons. The van der Waals surface area contributed by atoms with Crippen molar-refractivity contribution in [2.24, 2.45) is 0 Å². The van der Waals surface area contributed by atoms with E-state index >= 15 is 0 Å². The van der Waals surface area contributed by atoms with E-state index in [0.29, 0.717) is 10.0 Å². The van der Waals surface area contributed by atoms with Crippen LogP contribution in [-0.4, -0.2) is 16.9 Å². The number of carboxylic acid groups (broad SMARTS) is 1. The number of carbonyl (C=O) groups excluding carboxylic acids is 1. The van der Waals surface area contributed by atoms with Gasteiger partial charge in [-0.3, -0.25) is 4.79 Å². The van der Waals surface area contributed by atoms with Gasteiger partial charge in [0.05, 0.1) is 5.56 Å². The van der Waals surface area contributed by atoms with E-state index in [0.717, 1.165) is 21.2 Å². The third kappa shape index (κ3) is 2.93. The molecule has 0 saturated carbocycles. The van der Waals surface area contributed by atoms with Gasteiger partial charge >= 0.3 is 5.97 Å². The maximum absolute atomic E-state index is 13.2. The lowest BCUT2D eigenvalue weighted by molar-refractivity contribution is 0.0692. The van der Waals surface area contributed by atoms with Crippen molar-refractivity contribution in [2.75, 3.05) is 0 Å². The van der Waals surface area contributed by atoms with E-state index in [9.17, 15) is 14.7 Å². The highest BCUT2D eigenvalue weighted by molar-refractivity contribution is 9.10. The summed E-state index contributed by atoms with van der Waals surface area (Å²) in [5, 5.41) is 9.46. The minimum absolute atomic E-state index is 0.000162. The molecule has 5 heteroatoms. The summed E-state index contributed by atoms with van der Waals surface area (Å²) in [6.45, 7) is 4.28. The first-order chi connectivity index (χ1) is 13.2. The van der Waals surface area contributed by atoms with Crippen LogP contribution in [0.5, 0.6) is 0 Å². The molecule has 140 valence electrons. The number of benzene rings is 3. The number of hydrogen-bond donors (Lipinski definition) is 1.